The summed E-state index contributed by atoms with van der Waals surface area (Å²) in [4.78, 5) is 2.28. The maximum absolute atomic E-state index is 5.48. The average Bonchev–Trinajstić information content (AvgIpc) is 2.96. The van der Waals surface area contributed by atoms with Gasteiger partial charge in [0.25, 0.3) is 0 Å². The lowest BCUT2D eigenvalue weighted by Crippen LogP contribution is -2.35. The largest absolute Gasteiger partial charge is 0.454 e. The van der Waals surface area contributed by atoms with Crippen LogP contribution in [0.5, 0.6) is 11.5 Å². The molecule has 0 spiro atoms. The highest BCUT2D eigenvalue weighted by Gasteiger charge is 2.18. The number of methoxy groups -OCH3 is 1. The molecular weight excluding hydrogens is 268 g/mol. The van der Waals surface area contributed by atoms with Gasteiger partial charge in [-0.15, -0.1) is 0 Å². The first-order valence-corrected chi connectivity index (χ1v) is 7.55. The van der Waals surface area contributed by atoms with Gasteiger partial charge in [-0.25, -0.2) is 0 Å². The molecule has 21 heavy (non-hydrogen) atoms. The van der Waals surface area contributed by atoms with Gasteiger partial charge in [0.1, 0.15) is 0 Å². The third kappa shape index (κ3) is 4.59. The van der Waals surface area contributed by atoms with Crippen LogP contribution in [-0.2, 0) is 4.74 Å². The van der Waals surface area contributed by atoms with Crippen LogP contribution in [0.2, 0.25) is 0 Å². The number of hydrogen-bond donors (Lipinski definition) is 1. The quantitative estimate of drug-likeness (QED) is 0.755. The number of rotatable bonds is 9. The van der Waals surface area contributed by atoms with Crippen molar-refractivity contribution in [3.8, 4) is 11.5 Å². The van der Waals surface area contributed by atoms with E-state index in [2.05, 4.69) is 36.3 Å². The van der Waals surface area contributed by atoms with Crippen LogP contribution < -0.4 is 14.8 Å². The second-order valence-corrected chi connectivity index (χ2v) is 5.37. The molecule has 1 N–H and O–H groups in total. The maximum atomic E-state index is 5.48. The molecule has 1 aliphatic rings. The van der Waals surface area contributed by atoms with Crippen LogP contribution in [0.4, 0.5) is 0 Å². The van der Waals surface area contributed by atoms with Crippen molar-refractivity contribution in [3.05, 3.63) is 23.8 Å². The number of likely N-dealkylation sites (N-methyl/N-ethyl adjacent to an activating group) is 1. The number of benzene rings is 1. The summed E-state index contributed by atoms with van der Waals surface area (Å²) in [5.74, 6) is 1.68. The van der Waals surface area contributed by atoms with Crippen LogP contribution in [0.25, 0.3) is 0 Å². The summed E-state index contributed by atoms with van der Waals surface area (Å²) in [6, 6.07) is 6.47. The summed E-state index contributed by atoms with van der Waals surface area (Å²) in [5.41, 5.74) is 1.23. The molecule has 1 aliphatic heterocycles. The van der Waals surface area contributed by atoms with E-state index in [4.69, 9.17) is 14.2 Å². The van der Waals surface area contributed by atoms with Gasteiger partial charge in [-0.2, -0.15) is 0 Å². The Kier molecular flexibility index (Phi) is 6.29. The first-order chi connectivity index (χ1) is 10.2. The summed E-state index contributed by atoms with van der Waals surface area (Å²) in [6.07, 6.45) is 1.11. The molecule has 2 rings (SSSR count). The Bertz CT molecular complexity index is 440. The molecule has 118 valence electrons. The highest BCUT2D eigenvalue weighted by Crippen LogP contribution is 2.34. The first kappa shape index (κ1) is 16.1. The van der Waals surface area contributed by atoms with Crippen LogP contribution in [0.15, 0.2) is 18.2 Å². The fourth-order valence-corrected chi connectivity index (χ4v) is 2.39. The van der Waals surface area contributed by atoms with Gasteiger partial charge in [-0.1, -0.05) is 13.0 Å². The number of fused-ring (bicyclic) bond motifs is 1. The molecule has 1 atom stereocenters. The summed E-state index contributed by atoms with van der Waals surface area (Å²) >= 11 is 0. The Morgan fingerprint density at radius 2 is 2.14 bits per heavy atom. The second-order valence-electron chi connectivity index (χ2n) is 5.37. The van der Waals surface area contributed by atoms with E-state index in [1.807, 2.05) is 6.07 Å². The highest BCUT2D eigenvalue weighted by molar-refractivity contribution is 5.45. The van der Waals surface area contributed by atoms with Crippen LogP contribution >= 0.6 is 0 Å². The highest BCUT2D eigenvalue weighted by atomic mass is 16.7. The van der Waals surface area contributed by atoms with E-state index in [1.54, 1.807) is 7.11 Å². The molecule has 0 saturated carbocycles. The van der Waals surface area contributed by atoms with E-state index >= 15 is 0 Å². The van der Waals surface area contributed by atoms with E-state index < -0.39 is 0 Å². The van der Waals surface area contributed by atoms with Crippen LogP contribution in [0, 0.1) is 0 Å². The predicted octanol–water partition coefficient (Wildman–Crippen LogP) is 2.03. The number of ether oxygens (including phenoxy) is 3. The SMILES string of the molecule is CCCNC(CN(C)CCOC)c1ccc2c(c1)OCO2. The minimum Gasteiger partial charge on any atom is -0.454 e. The zero-order chi connectivity index (χ0) is 15.1. The van der Waals surface area contributed by atoms with Crippen molar-refractivity contribution in [2.75, 3.05) is 47.2 Å². The molecule has 0 amide bonds. The molecule has 5 nitrogen and oxygen atoms in total. The van der Waals surface area contributed by atoms with Gasteiger partial charge in [0.15, 0.2) is 11.5 Å². The Morgan fingerprint density at radius 3 is 2.90 bits per heavy atom. The maximum Gasteiger partial charge on any atom is 0.231 e. The summed E-state index contributed by atoms with van der Waals surface area (Å²) < 4.78 is 16.0. The van der Waals surface area contributed by atoms with Crippen molar-refractivity contribution in [2.24, 2.45) is 0 Å². The third-order valence-corrected chi connectivity index (χ3v) is 3.61. The molecule has 0 bridgehead atoms. The lowest BCUT2D eigenvalue weighted by Gasteiger charge is -2.25. The van der Waals surface area contributed by atoms with E-state index in [0.717, 1.165) is 44.2 Å². The lowest BCUT2D eigenvalue weighted by atomic mass is 10.1. The standard InChI is InChI=1S/C16H26N2O3/c1-4-7-17-14(11-18(2)8-9-19-3)13-5-6-15-16(10-13)21-12-20-15/h5-6,10,14,17H,4,7-9,11-12H2,1-3H3. The Balaban J connectivity index is 2.04. The number of nitrogens with one attached hydrogen (secondary N) is 1. The molecule has 1 aromatic rings. The Hall–Kier alpha value is -1.30. The Morgan fingerprint density at radius 1 is 1.33 bits per heavy atom. The third-order valence-electron chi connectivity index (χ3n) is 3.61. The number of nitrogens with zero attached hydrogens (tertiary/aromatic N) is 1. The molecule has 5 heteroatoms. The molecule has 0 radical (unpaired) electrons. The van der Waals surface area contributed by atoms with Gasteiger partial charge in [-0.05, 0) is 37.7 Å². The van der Waals surface area contributed by atoms with Gasteiger partial charge in [0, 0.05) is 26.2 Å². The molecule has 1 unspecified atom stereocenters. The van der Waals surface area contributed by atoms with E-state index in [1.165, 1.54) is 5.56 Å². The molecule has 1 heterocycles. The molecular formula is C16H26N2O3. The predicted molar refractivity (Wildman–Crippen MR) is 83.0 cm³/mol. The van der Waals surface area contributed by atoms with Gasteiger partial charge < -0.3 is 24.4 Å². The molecule has 0 aromatic heterocycles. The zero-order valence-corrected chi connectivity index (χ0v) is 13.2. The second kappa shape index (κ2) is 8.22. The lowest BCUT2D eigenvalue weighted by molar-refractivity contribution is 0.155. The van der Waals surface area contributed by atoms with Crippen LogP contribution in [-0.4, -0.2) is 52.1 Å². The normalized spacial score (nSPS) is 14.7. The zero-order valence-electron chi connectivity index (χ0n) is 13.2. The van der Waals surface area contributed by atoms with Crippen molar-refractivity contribution >= 4 is 0 Å². The van der Waals surface area contributed by atoms with Gasteiger partial charge >= 0.3 is 0 Å². The van der Waals surface area contributed by atoms with E-state index in [9.17, 15) is 0 Å². The van der Waals surface area contributed by atoms with Crippen molar-refractivity contribution in [1.29, 1.82) is 0 Å². The molecule has 1 aromatic carbocycles. The van der Waals surface area contributed by atoms with E-state index in [0.29, 0.717) is 6.79 Å². The fraction of sp³-hybridized carbons (Fsp3) is 0.625. The van der Waals surface area contributed by atoms with E-state index in [-0.39, 0.29) is 6.04 Å². The minimum absolute atomic E-state index is 0.279. The smallest absolute Gasteiger partial charge is 0.231 e. The summed E-state index contributed by atoms with van der Waals surface area (Å²) in [7, 11) is 3.85. The Labute approximate surface area is 127 Å². The first-order valence-electron chi connectivity index (χ1n) is 7.55. The van der Waals surface area contributed by atoms with Crippen molar-refractivity contribution in [1.82, 2.24) is 10.2 Å². The van der Waals surface area contributed by atoms with Gasteiger partial charge in [0.2, 0.25) is 6.79 Å². The topological polar surface area (TPSA) is 43.0 Å². The fourth-order valence-electron chi connectivity index (χ4n) is 2.39. The van der Waals surface area contributed by atoms with Crippen molar-refractivity contribution in [2.45, 2.75) is 19.4 Å². The van der Waals surface area contributed by atoms with Crippen LogP contribution in [0.3, 0.4) is 0 Å². The van der Waals surface area contributed by atoms with Gasteiger partial charge in [-0.3, -0.25) is 0 Å². The van der Waals surface area contributed by atoms with Crippen molar-refractivity contribution in [3.63, 3.8) is 0 Å². The van der Waals surface area contributed by atoms with Crippen LogP contribution in [0.1, 0.15) is 24.9 Å². The number of hydrogen-bond acceptors (Lipinski definition) is 5. The molecule has 0 aliphatic carbocycles. The summed E-state index contributed by atoms with van der Waals surface area (Å²) in [5, 5.41) is 3.61. The average molecular weight is 294 g/mol. The van der Waals surface area contributed by atoms with Gasteiger partial charge in [0.05, 0.1) is 6.61 Å². The molecule has 0 fully saturated rings. The summed E-state index contributed by atoms with van der Waals surface area (Å²) in [6.45, 7) is 6.10. The van der Waals surface area contributed by atoms with Crippen molar-refractivity contribution < 1.29 is 14.2 Å². The molecule has 0 saturated heterocycles. The minimum atomic E-state index is 0.279. The monoisotopic (exact) mass is 294 g/mol.